The SMILES string of the molecule is Cc1csc(CC(=O)N2CCCc3ccccc32)n1. The van der Waals surface area contributed by atoms with E-state index in [0.717, 1.165) is 35.8 Å². The molecular weight excluding hydrogens is 256 g/mol. The Bertz CT molecular complexity index is 606. The van der Waals surface area contributed by atoms with E-state index in [-0.39, 0.29) is 5.91 Å². The van der Waals surface area contributed by atoms with Gasteiger partial charge in [-0.2, -0.15) is 0 Å². The molecule has 0 atom stereocenters. The predicted molar refractivity (Wildman–Crippen MR) is 77.7 cm³/mol. The Morgan fingerprint density at radius 3 is 3.05 bits per heavy atom. The maximum atomic E-state index is 12.4. The molecule has 0 saturated carbocycles. The minimum atomic E-state index is 0.154. The summed E-state index contributed by atoms with van der Waals surface area (Å²) in [5.74, 6) is 0.154. The Hall–Kier alpha value is -1.68. The van der Waals surface area contributed by atoms with E-state index < -0.39 is 0 Å². The molecule has 3 nitrogen and oxygen atoms in total. The summed E-state index contributed by atoms with van der Waals surface area (Å²) < 4.78 is 0. The van der Waals surface area contributed by atoms with Crippen LogP contribution in [-0.4, -0.2) is 17.4 Å². The van der Waals surface area contributed by atoms with Crippen LogP contribution in [0.5, 0.6) is 0 Å². The van der Waals surface area contributed by atoms with Gasteiger partial charge in [0.05, 0.1) is 6.42 Å². The van der Waals surface area contributed by atoms with Crippen LogP contribution in [0.4, 0.5) is 5.69 Å². The topological polar surface area (TPSA) is 33.2 Å². The van der Waals surface area contributed by atoms with Crippen LogP contribution < -0.4 is 4.90 Å². The smallest absolute Gasteiger partial charge is 0.233 e. The van der Waals surface area contributed by atoms with Crippen LogP contribution in [0.1, 0.15) is 22.7 Å². The van der Waals surface area contributed by atoms with Crippen molar-refractivity contribution in [2.45, 2.75) is 26.2 Å². The quantitative estimate of drug-likeness (QED) is 0.842. The van der Waals surface area contributed by atoms with Gasteiger partial charge >= 0.3 is 0 Å². The lowest BCUT2D eigenvalue weighted by Gasteiger charge is -2.29. The highest BCUT2D eigenvalue weighted by atomic mass is 32.1. The average molecular weight is 272 g/mol. The second-order valence-electron chi connectivity index (χ2n) is 4.84. The molecule has 1 aliphatic rings. The number of carbonyl (C=O) groups is 1. The summed E-state index contributed by atoms with van der Waals surface area (Å²) in [4.78, 5) is 18.7. The molecule has 0 unspecified atom stereocenters. The fraction of sp³-hybridized carbons (Fsp3) is 0.333. The van der Waals surface area contributed by atoms with Crippen molar-refractivity contribution < 1.29 is 4.79 Å². The number of benzene rings is 1. The van der Waals surface area contributed by atoms with E-state index in [1.807, 2.05) is 35.4 Å². The lowest BCUT2D eigenvalue weighted by molar-refractivity contribution is -0.118. The molecule has 1 amide bonds. The monoisotopic (exact) mass is 272 g/mol. The molecule has 0 spiro atoms. The molecular formula is C15H16N2OS. The van der Waals surface area contributed by atoms with Crippen LogP contribution in [0.15, 0.2) is 29.6 Å². The van der Waals surface area contributed by atoms with Gasteiger partial charge in [0.2, 0.25) is 5.91 Å². The fourth-order valence-corrected chi connectivity index (χ4v) is 3.26. The number of rotatable bonds is 2. The third-order valence-electron chi connectivity index (χ3n) is 3.38. The molecule has 1 aromatic carbocycles. The third-order valence-corrected chi connectivity index (χ3v) is 4.35. The number of hydrogen-bond acceptors (Lipinski definition) is 3. The van der Waals surface area contributed by atoms with Crippen molar-refractivity contribution in [3.63, 3.8) is 0 Å². The molecule has 0 bridgehead atoms. The Kier molecular flexibility index (Phi) is 3.34. The summed E-state index contributed by atoms with van der Waals surface area (Å²) in [7, 11) is 0. The zero-order valence-electron chi connectivity index (χ0n) is 10.9. The van der Waals surface area contributed by atoms with Gasteiger partial charge in [0.15, 0.2) is 0 Å². The van der Waals surface area contributed by atoms with E-state index >= 15 is 0 Å². The first-order valence-electron chi connectivity index (χ1n) is 6.53. The second kappa shape index (κ2) is 5.13. The van der Waals surface area contributed by atoms with Gasteiger partial charge in [-0.3, -0.25) is 4.79 Å². The Balaban J connectivity index is 1.81. The summed E-state index contributed by atoms with van der Waals surface area (Å²) >= 11 is 1.56. The summed E-state index contributed by atoms with van der Waals surface area (Å²) in [5, 5.41) is 2.90. The summed E-state index contributed by atoms with van der Waals surface area (Å²) in [6.07, 6.45) is 2.52. The second-order valence-corrected chi connectivity index (χ2v) is 5.78. The van der Waals surface area contributed by atoms with Gasteiger partial charge in [-0.15, -0.1) is 11.3 Å². The fourth-order valence-electron chi connectivity index (χ4n) is 2.50. The first kappa shape index (κ1) is 12.4. The number of carbonyl (C=O) groups excluding carboxylic acids is 1. The summed E-state index contributed by atoms with van der Waals surface area (Å²) in [6, 6.07) is 8.19. The summed E-state index contributed by atoms with van der Waals surface area (Å²) in [6.45, 7) is 2.78. The molecule has 0 saturated heterocycles. The lowest BCUT2D eigenvalue weighted by atomic mass is 10.0. The highest BCUT2D eigenvalue weighted by Gasteiger charge is 2.22. The number of amides is 1. The van der Waals surface area contributed by atoms with E-state index in [2.05, 4.69) is 11.1 Å². The molecule has 0 N–H and O–H groups in total. The lowest BCUT2D eigenvalue weighted by Crippen LogP contribution is -2.36. The van der Waals surface area contributed by atoms with Gasteiger partial charge in [0, 0.05) is 23.3 Å². The number of para-hydroxylation sites is 1. The molecule has 3 rings (SSSR count). The van der Waals surface area contributed by atoms with Crippen molar-refractivity contribution in [1.29, 1.82) is 0 Å². The van der Waals surface area contributed by atoms with E-state index in [1.165, 1.54) is 5.56 Å². The highest BCUT2D eigenvalue weighted by molar-refractivity contribution is 7.09. The van der Waals surface area contributed by atoms with Crippen LogP contribution in [0, 0.1) is 6.92 Å². The van der Waals surface area contributed by atoms with E-state index in [4.69, 9.17) is 0 Å². The Labute approximate surface area is 116 Å². The van der Waals surface area contributed by atoms with Crippen LogP contribution in [0.3, 0.4) is 0 Å². The predicted octanol–water partition coefficient (Wildman–Crippen LogP) is 2.97. The molecule has 2 aromatic rings. The minimum absolute atomic E-state index is 0.154. The van der Waals surface area contributed by atoms with E-state index in [0.29, 0.717) is 6.42 Å². The van der Waals surface area contributed by atoms with Gasteiger partial charge in [-0.25, -0.2) is 4.98 Å². The number of hydrogen-bond donors (Lipinski definition) is 0. The van der Waals surface area contributed by atoms with Crippen molar-refractivity contribution in [3.8, 4) is 0 Å². The van der Waals surface area contributed by atoms with E-state index in [1.54, 1.807) is 11.3 Å². The third kappa shape index (κ3) is 2.54. The first-order chi connectivity index (χ1) is 9.24. The van der Waals surface area contributed by atoms with Gasteiger partial charge in [0.1, 0.15) is 5.01 Å². The molecule has 0 radical (unpaired) electrons. The summed E-state index contributed by atoms with van der Waals surface area (Å²) in [5.41, 5.74) is 3.34. The van der Waals surface area contributed by atoms with Crippen LogP contribution in [-0.2, 0) is 17.6 Å². The van der Waals surface area contributed by atoms with Crippen LogP contribution in [0.2, 0.25) is 0 Å². The first-order valence-corrected chi connectivity index (χ1v) is 7.41. The molecule has 4 heteroatoms. The van der Waals surface area contributed by atoms with Gasteiger partial charge in [-0.05, 0) is 31.4 Å². The van der Waals surface area contributed by atoms with Crippen molar-refractivity contribution in [1.82, 2.24) is 4.98 Å². The number of aryl methyl sites for hydroxylation is 2. The molecule has 1 aromatic heterocycles. The number of nitrogens with zero attached hydrogens (tertiary/aromatic N) is 2. The molecule has 0 fully saturated rings. The van der Waals surface area contributed by atoms with Crippen molar-refractivity contribution in [2.75, 3.05) is 11.4 Å². The van der Waals surface area contributed by atoms with Crippen molar-refractivity contribution >= 4 is 22.9 Å². The minimum Gasteiger partial charge on any atom is -0.312 e. The van der Waals surface area contributed by atoms with Crippen LogP contribution in [0.25, 0.3) is 0 Å². The number of thiazole rings is 1. The Morgan fingerprint density at radius 2 is 2.26 bits per heavy atom. The number of anilines is 1. The number of fused-ring (bicyclic) bond motifs is 1. The normalized spacial score (nSPS) is 14.3. The molecule has 0 aliphatic carbocycles. The van der Waals surface area contributed by atoms with E-state index in [9.17, 15) is 4.79 Å². The Morgan fingerprint density at radius 1 is 1.42 bits per heavy atom. The number of aromatic nitrogens is 1. The highest BCUT2D eigenvalue weighted by Crippen LogP contribution is 2.27. The van der Waals surface area contributed by atoms with Crippen molar-refractivity contribution in [3.05, 3.63) is 45.9 Å². The zero-order valence-corrected chi connectivity index (χ0v) is 11.7. The van der Waals surface area contributed by atoms with Gasteiger partial charge < -0.3 is 4.90 Å². The van der Waals surface area contributed by atoms with Crippen molar-refractivity contribution in [2.24, 2.45) is 0 Å². The molecule has 98 valence electrons. The standard InChI is InChI=1S/C15H16N2OS/c1-11-10-19-14(16-11)9-15(18)17-8-4-6-12-5-2-3-7-13(12)17/h2-3,5,7,10H,4,6,8-9H2,1H3. The van der Waals surface area contributed by atoms with Gasteiger partial charge in [0.25, 0.3) is 0 Å². The zero-order chi connectivity index (χ0) is 13.2. The van der Waals surface area contributed by atoms with Gasteiger partial charge in [-0.1, -0.05) is 18.2 Å². The largest absolute Gasteiger partial charge is 0.312 e. The molecule has 1 aliphatic heterocycles. The maximum absolute atomic E-state index is 12.4. The molecule has 19 heavy (non-hydrogen) atoms. The maximum Gasteiger partial charge on any atom is 0.233 e. The average Bonchev–Trinajstić information content (AvgIpc) is 2.83. The van der Waals surface area contributed by atoms with Crippen LogP contribution >= 0.6 is 11.3 Å². The molecule has 2 heterocycles.